The molecule has 5 nitrogen and oxygen atoms in total. The molecular weight excluding hydrogens is 321 g/mol. The summed E-state index contributed by atoms with van der Waals surface area (Å²) in [6.07, 6.45) is -0.484. The highest BCUT2D eigenvalue weighted by Crippen LogP contribution is 2.59. The average Bonchev–Trinajstić information content (AvgIpc) is 3.18. The number of halogens is 3. The van der Waals surface area contributed by atoms with Crippen LogP contribution in [0.5, 0.6) is 0 Å². The molecule has 9 heteroatoms. The maximum absolute atomic E-state index is 13.5. The summed E-state index contributed by atoms with van der Waals surface area (Å²) in [6, 6.07) is -0.693. The van der Waals surface area contributed by atoms with Gasteiger partial charge in [-0.3, -0.25) is 0 Å². The quantitative estimate of drug-likeness (QED) is 0.797. The first-order valence-electron chi connectivity index (χ1n) is 7.47. The van der Waals surface area contributed by atoms with Crippen LogP contribution in [0.25, 0.3) is 0 Å². The molecule has 3 fully saturated rings. The second kappa shape index (κ2) is 4.75. The number of nitrogens with zero attached hydrogens (tertiary/aromatic N) is 1. The van der Waals surface area contributed by atoms with Crippen molar-refractivity contribution < 1.29 is 26.3 Å². The largest absolute Gasteiger partial charge is 0.447 e. The molecule has 0 aromatic rings. The van der Waals surface area contributed by atoms with E-state index < -0.39 is 32.6 Å². The van der Waals surface area contributed by atoms with E-state index in [9.17, 15) is 21.6 Å². The highest BCUT2D eigenvalue weighted by Gasteiger charge is 2.79. The van der Waals surface area contributed by atoms with Gasteiger partial charge >= 0.3 is 6.18 Å². The van der Waals surface area contributed by atoms with E-state index in [2.05, 4.69) is 9.71 Å². The van der Waals surface area contributed by atoms with Crippen LogP contribution in [-0.2, 0) is 14.8 Å². The molecule has 3 rings (SSSR count). The molecule has 3 aliphatic rings. The number of aliphatic imine (C=N–C) groups is 1. The van der Waals surface area contributed by atoms with Crippen molar-refractivity contribution in [2.45, 2.75) is 74.4 Å². The number of amidine groups is 1. The van der Waals surface area contributed by atoms with Gasteiger partial charge in [-0.25, -0.2) is 18.1 Å². The topological polar surface area (TPSA) is 67.8 Å². The van der Waals surface area contributed by atoms with Gasteiger partial charge in [-0.2, -0.15) is 13.2 Å². The molecule has 1 heterocycles. The van der Waals surface area contributed by atoms with Gasteiger partial charge in [-0.1, -0.05) is 19.3 Å². The Morgan fingerprint density at radius 2 is 1.82 bits per heavy atom. The van der Waals surface area contributed by atoms with Crippen LogP contribution in [0.3, 0.4) is 0 Å². The van der Waals surface area contributed by atoms with Crippen LogP contribution in [0.2, 0.25) is 0 Å². The van der Waals surface area contributed by atoms with Crippen molar-refractivity contribution in [1.82, 2.24) is 4.72 Å². The summed E-state index contributed by atoms with van der Waals surface area (Å²) in [7, 11) is -4.17. The van der Waals surface area contributed by atoms with E-state index in [1.807, 2.05) is 0 Å². The van der Waals surface area contributed by atoms with Gasteiger partial charge in [-0.05, 0) is 32.6 Å². The number of rotatable bonds is 1. The van der Waals surface area contributed by atoms with Crippen LogP contribution in [0.15, 0.2) is 4.99 Å². The number of ether oxygens (including phenoxy) is 1. The van der Waals surface area contributed by atoms with Crippen LogP contribution >= 0.6 is 0 Å². The minimum absolute atomic E-state index is 0.0605. The Hall–Kier alpha value is -0.990. The molecule has 126 valence electrons. The fourth-order valence-electron chi connectivity index (χ4n) is 3.38. The molecule has 0 radical (unpaired) electrons. The SMILES string of the molecule is CC1(C(F)(F)F)OC(=NC2CCCCC2)NS(=O)(=O)C12CC2. The van der Waals surface area contributed by atoms with Gasteiger partial charge in [0.05, 0.1) is 6.04 Å². The Balaban J connectivity index is 1.95. The van der Waals surface area contributed by atoms with Crippen molar-refractivity contribution in [3.63, 3.8) is 0 Å². The van der Waals surface area contributed by atoms with Crippen LogP contribution in [0, 0.1) is 0 Å². The zero-order valence-corrected chi connectivity index (χ0v) is 13.1. The Bertz CT molecular complexity index is 592. The summed E-state index contributed by atoms with van der Waals surface area (Å²) >= 11 is 0. The van der Waals surface area contributed by atoms with Gasteiger partial charge in [0.15, 0.2) is 0 Å². The number of hydrogen-bond acceptors (Lipinski definition) is 4. The molecule has 0 amide bonds. The van der Waals surface area contributed by atoms with E-state index in [1.54, 1.807) is 0 Å². The van der Waals surface area contributed by atoms with Crippen molar-refractivity contribution in [3.05, 3.63) is 0 Å². The molecule has 0 bridgehead atoms. The fourth-order valence-corrected chi connectivity index (χ4v) is 5.21. The highest BCUT2D eigenvalue weighted by molar-refractivity contribution is 7.92. The van der Waals surface area contributed by atoms with E-state index in [4.69, 9.17) is 4.74 Å². The molecule has 0 aromatic carbocycles. The first kappa shape index (κ1) is 15.9. The molecule has 1 N–H and O–H groups in total. The summed E-state index contributed by atoms with van der Waals surface area (Å²) in [5, 5.41) is 0. The number of sulfonamides is 1. The standard InChI is InChI=1S/C13H19F3N2O3S/c1-11(13(14,15)16)12(7-8-12)22(19,20)18-10(21-11)17-9-5-3-2-4-6-9/h9H,2-8H2,1H3,(H,17,18). The number of nitrogens with one attached hydrogen (secondary N) is 1. The monoisotopic (exact) mass is 340 g/mol. The molecule has 1 aliphatic heterocycles. The van der Waals surface area contributed by atoms with E-state index >= 15 is 0 Å². The lowest BCUT2D eigenvalue weighted by Crippen LogP contribution is -2.67. The third-order valence-electron chi connectivity index (χ3n) is 5.03. The molecule has 1 spiro atoms. The van der Waals surface area contributed by atoms with Gasteiger partial charge in [0, 0.05) is 0 Å². The molecular formula is C13H19F3N2O3S. The van der Waals surface area contributed by atoms with Crippen LogP contribution < -0.4 is 4.72 Å². The van der Waals surface area contributed by atoms with Gasteiger partial charge in [0.1, 0.15) is 4.75 Å². The maximum Gasteiger partial charge on any atom is 0.429 e. The Morgan fingerprint density at radius 3 is 2.32 bits per heavy atom. The zero-order valence-electron chi connectivity index (χ0n) is 12.2. The third-order valence-corrected chi connectivity index (χ3v) is 7.30. The van der Waals surface area contributed by atoms with E-state index in [1.165, 1.54) is 0 Å². The lowest BCUT2D eigenvalue weighted by atomic mass is 9.96. The normalized spacial score (nSPS) is 35.9. The van der Waals surface area contributed by atoms with Crippen molar-refractivity contribution in [2.24, 2.45) is 4.99 Å². The van der Waals surface area contributed by atoms with Crippen LogP contribution in [0.4, 0.5) is 13.2 Å². The average molecular weight is 340 g/mol. The van der Waals surface area contributed by atoms with Gasteiger partial charge < -0.3 is 4.74 Å². The van der Waals surface area contributed by atoms with E-state index in [-0.39, 0.29) is 18.9 Å². The second-order valence-corrected chi connectivity index (χ2v) is 8.45. The van der Waals surface area contributed by atoms with Crippen LogP contribution in [0.1, 0.15) is 51.9 Å². The molecule has 0 aromatic heterocycles. The highest BCUT2D eigenvalue weighted by atomic mass is 32.2. The zero-order chi connectivity index (χ0) is 16.2. The Labute approximate surface area is 127 Å². The van der Waals surface area contributed by atoms with E-state index in [0.717, 1.165) is 39.0 Å². The Kier molecular flexibility index (Phi) is 3.43. The number of alkyl halides is 3. The van der Waals surface area contributed by atoms with Gasteiger partial charge in [0.2, 0.25) is 15.6 Å². The van der Waals surface area contributed by atoms with Crippen molar-refractivity contribution in [3.8, 4) is 0 Å². The van der Waals surface area contributed by atoms with Crippen LogP contribution in [-0.4, -0.2) is 37.0 Å². The molecule has 1 unspecified atom stereocenters. The third kappa shape index (κ3) is 2.19. The fraction of sp³-hybridized carbons (Fsp3) is 0.923. The van der Waals surface area contributed by atoms with Crippen molar-refractivity contribution in [1.29, 1.82) is 0 Å². The number of hydrogen-bond donors (Lipinski definition) is 1. The van der Waals surface area contributed by atoms with Crippen molar-refractivity contribution >= 4 is 16.0 Å². The first-order valence-corrected chi connectivity index (χ1v) is 8.96. The maximum atomic E-state index is 13.5. The molecule has 1 atom stereocenters. The second-order valence-electron chi connectivity index (χ2n) is 6.46. The predicted molar refractivity (Wildman–Crippen MR) is 73.9 cm³/mol. The minimum atomic E-state index is -4.79. The lowest BCUT2D eigenvalue weighted by molar-refractivity contribution is -0.252. The minimum Gasteiger partial charge on any atom is -0.447 e. The summed E-state index contributed by atoms with van der Waals surface area (Å²) in [6.45, 7) is 0.814. The smallest absolute Gasteiger partial charge is 0.429 e. The summed E-state index contributed by atoms with van der Waals surface area (Å²) < 4.78 is 70.4. The molecule has 22 heavy (non-hydrogen) atoms. The summed E-state index contributed by atoms with van der Waals surface area (Å²) in [5.41, 5.74) is -2.75. The van der Waals surface area contributed by atoms with Gasteiger partial charge in [0.25, 0.3) is 6.02 Å². The molecule has 1 saturated heterocycles. The Morgan fingerprint density at radius 1 is 1.23 bits per heavy atom. The summed E-state index contributed by atoms with van der Waals surface area (Å²) in [4.78, 5) is 4.10. The molecule has 2 saturated carbocycles. The van der Waals surface area contributed by atoms with E-state index in [0.29, 0.717) is 0 Å². The first-order chi connectivity index (χ1) is 10.1. The summed E-state index contributed by atoms with van der Waals surface area (Å²) in [5.74, 6) is 0. The van der Waals surface area contributed by atoms with Crippen molar-refractivity contribution in [2.75, 3.05) is 0 Å². The lowest BCUT2D eigenvalue weighted by Gasteiger charge is -2.43. The predicted octanol–water partition coefficient (Wildman–Crippen LogP) is 2.48. The van der Waals surface area contributed by atoms with Gasteiger partial charge in [-0.15, -0.1) is 0 Å². The molecule has 2 aliphatic carbocycles.